The first kappa shape index (κ1) is 15.3. The molecule has 1 saturated heterocycles. The molecular weight excluding hydrogens is 295 g/mol. The van der Waals surface area contributed by atoms with Crippen molar-refractivity contribution in [3.63, 3.8) is 0 Å². The van der Waals surface area contributed by atoms with E-state index in [-0.39, 0.29) is 11.2 Å². The predicted octanol–water partition coefficient (Wildman–Crippen LogP) is 2.14. The molecule has 2 aliphatic carbocycles. The van der Waals surface area contributed by atoms with Crippen LogP contribution in [0, 0.1) is 17.2 Å². The third-order valence-corrected chi connectivity index (χ3v) is 5.51. The van der Waals surface area contributed by atoms with E-state index in [2.05, 4.69) is 20.6 Å². The van der Waals surface area contributed by atoms with E-state index in [0.717, 1.165) is 52.0 Å². The number of nitrogens with zero attached hydrogens (tertiary/aromatic N) is 2. The van der Waals surface area contributed by atoms with Crippen LogP contribution < -0.4 is 10.6 Å². The van der Waals surface area contributed by atoms with Gasteiger partial charge in [0.25, 0.3) is 0 Å². The van der Waals surface area contributed by atoms with E-state index < -0.39 is 0 Å². The van der Waals surface area contributed by atoms with Gasteiger partial charge in [0, 0.05) is 24.5 Å². The van der Waals surface area contributed by atoms with Gasteiger partial charge in [-0.2, -0.15) is 0 Å². The van der Waals surface area contributed by atoms with Crippen LogP contribution in [0.2, 0.25) is 0 Å². The lowest BCUT2D eigenvalue weighted by Gasteiger charge is -2.47. The predicted molar refractivity (Wildman–Crippen MR) is 85.8 cm³/mol. The van der Waals surface area contributed by atoms with E-state index in [1.807, 2.05) is 0 Å². The summed E-state index contributed by atoms with van der Waals surface area (Å²) in [4.78, 5) is 8.50. The van der Waals surface area contributed by atoms with Crippen molar-refractivity contribution in [1.29, 1.82) is 0 Å². The summed E-state index contributed by atoms with van der Waals surface area (Å²) in [5.41, 5.74) is 0.821. The van der Waals surface area contributed by atoms with Crippen molar-refractivity contribution in [2.45, 2.75) is 44.6 Å². The molecule has 126 valence electrons. The van der Waals surface area contributed by atoms with Gasteiger partial charge in [-0.3, -0.25) is 0 Å². The van der Waals surface area contributed by atoms with E-state index in [0.29, 0.717) is 30.0 Å². The molecule has 2 saturated carbocycles. The quantitative estimate of drug-likeness (QED) is 0.890. The molecule has 3 aliphatic rings. The molecule has 5 nitrogen and oxygen atoms in total. The molecule has 0 unspecified atom stereocenters. The van der Waals surface area contributed by atoms with Crippen molar-refractivity contribution in [3.8, 4) is 0 Å². The van der Waals surface area contributed by atoms with Gasteiger partial charge in [0.05, 0.1) is 25.1 Å². The van der Waals surface area contributed by atoms with Crippen LogP contribution in [0.4, 0.5) is 10.3 Å². The third kappa shape index (κ3) is 3.33. The monoisotopic (exact) mass is 320 g/mol. The molecule has 1 spiro atoms. The SMILES string of the molecule is Fc1cnc(NC2CCC2)nc1CC1CC2(CNCCOC2)C1. The number of hydrogen-bond donors (Lipinski definition) is 2. The Balaban J connectivity index is 1.36. The lowest BCUT2D eigenvalue weighted by Crippen LogP contribution is -2.47. The zero-order valence-corrected chi connectivity index (χ0v) is 13.5. The molecule has 23 heavy (non-hydrogen) atoms. The maximum Gasteiger partial charge on any atom is 0.223 e. The van der Waals surface area contributed by atoms with E-state index in [9.17, 15) is 4.39 Å². The normalized spacial score (nSPS) is 31.3. The summed E-state index contributed by atoms with van der Waals surface area (Å²) in [6, 6.07) is 0.467. The van der Waals surface area contributed by atoms with Crippen molar-refractivity contribution in [2.24, 2.45) is 11.3 Å². The highest BCUT2D eigenvalue weighted by atomic mass is 19.1. The van der Waals surface area contributed by atoms with Crippen LogP contribution >= 0.6 is 0 Å². The van der Waals surface area contributed by atoms with Crippen LogP contribution in [0.5, 0.6) is 0 Å². The Kier molecular flexibility index (Phi) is 4.20. The molecule has 1 aromatic heterocycles. The Morgan fingerprint density at radius 2 is 2.26 bits per heavy atom. The summed E-state index contributed by atoms with van der Waals surface area (Å²) < 4.78 is 19.7. The van der Waals surface area contributed by atoms with Gasteiger partial charge in [-0.15, -0.1) is 0 Å². The molecule has 2 N–H and O–H groups in total. The minimum absolute atomic E-state index is 0.262. The zero-order valence-electron chi connectivity index (χ0n) is 13.5. The number of ether oxygens (including phenoxy) is 1. The first-order valence-corrected chi connectivity index (χ1v) is 8.79. The fourth-order valence-electron chi connectivity index (χ4n) is 4.03. The second-order valence-corrected chi connectivity index (χ2v) is 7.47. The molecule has 0 bridgehead atoms. The number of halogens is 1. The smallest absolute Gasteiger partial charge is 0.223 e. The van der Waals surface area contributed by atoms with Crippen LogP contribution in [0.1, 0.15) is 37.8 Å². The summed E-state index contributed by atoms with van der Waals surface area (Å²) in [5, 5.41) is 6.75. The Hall–Kier alpha value is -1.27. The van der Waals surface area contributed by atoms with Crippen LogP contribution in [0.3, 0.4) is 0 Å². The first-order valence-electron chi connectivity index (χ1n) is 8.79. The molecule has 2 heterocycles. The lowest BCUT2D eigenvalue weighted by atomic mass is 9.61. The van der Waals surface area contributed by atoms with Crippen molar-refractivity contribution in [2.75, 3.05) is 31.6 Å². The van der Waals surface area contributed by atoms with Crippen molar-refractivity contribution in [3.05, 3.63) is 17.7 Å². The average molecular weight is 320 g/mol. The molecule has 6 heteroatoms. The van der Waals surface area contributed by atoms with Crippen LogP contribution in [0.25, 0.3) is 0 Å². The summed E-state index contributed by atoms with van der Waals surface area (Å²) in [5.74, 6) is 0.805. The number of rotatable bonds is 4. The second-order valence-electron chi connectivity index (χ2n) is 7.47. The van der Waals surface area contributed by atoms with Gasteiger partial charge < -0.3 is 15.4 Å². The maximum absolute atomic E-state index is 14.0. The van der Waals surface area contributed by atoms with Gasteiger partial charge in [0.15, 0.2) is 5.82 Å². The molecule has 1 aliphatic heterocycles. The second kappa shape index (κ2) is 6.32. The van der Waals surface area contributed by atoms with Gasteiger partial charge in [0.1, 0.15) is 0 Å². The lowest BCUT2D eigenvalue weighted by molar-refractivity contribution is -0.0208. The fraction of sp³-hybridized carbons (Fsp3) is 0.765. The van der Waals surface area contributed by atoms with Gasteiger partial charge >= 0.3 is 0 Å². The number of hydrogen-bond acceptors (Lipinski definition) is 5. The molecular formula is C17H25FN4O. The summed E-state index contributed by atoms with van der Waals surface area (Å²) in [6.07, 6.45) is 7.78. The maximum atomic E-state index is 14.0. The first-order chi connectivity index (χ1) is 11.2. The Labute approximate surface area is 136 Å². The average Bonchev–Trinajstić information content (AvgIpc) is 2.71. The highest BCUT2D eigenvalue weighted by Gasteiger charge is 2.45. The van der Waals surface area contributed by atoms with Crippen LogP contribution in [0.15, 0.2) is 6.20 Å². The summed E-state index contributed by atoms with van der Waals surface area (Å²) >= 11 is 0. The zero-order chi connectivity index (χ0) is 15.7. The molecule has 0 amide bonds. The van der Waals surface area contributed by atoms with E-state index in [1.165, 1.54) is 12.6 Å². The third-order valence-electron chi connectivity index (χ3n) is 5.51. The van der Waals surface area contributed by atoms with Gasteiger partial charge in [-0.1, -0.05) is 0 Å². The van der Waals surface area contributed by atoms with Crippen LogP contribution in [-0.2, 0) is 11.2 Å². The van der Waals surface area contributed by atoms with Crippen LogP contribution in [-0.4, -0.2) is 42.3 Å². The minimum atomic E-state index is -0.277. The Morgan fingerprint density at radius 1 is 1.39 bits per heavy atom. The summed E-state index contributed by atoms with van der Waals surface area (Å²) in [7, 11) is 0. The van der Waals surface area contributed by atoms with Crippen molar-refractivity contribution >= 4 is 5.95 Å². The highest BCUT2D eigenvalue weighted by Crippen LogP contribution is 2.47. The Bertz CT molecular complexity index is 548. The van der Waals surface area contributed by atoms with Gasteiger partial charge in [-0.25, -0.2) is 14.4 Å². The molecule has 0 aromatic carbocycles. The highest BCUT2D eigenvalue weighted by molar-refractivity contribution is 5.28. The van der Waals surface area contributed by atoms with Crippen molar-refractivity contribution < 1.29 is 9.13 Å². The Morgan fingerprint density at radius 3 is 3.04 bits per heavy atom. The molecule has 3 fully saturated rings. The topological polar surface area (TPSA) is 59.1 Å². The van der Waals surface area contributed by atoms with E-state index >= 15 is 0 Å². The van der Waals surface area contributed by atoms with Gasteiger partial charge in [-0.05, 0) is 44.4 Å². The van der Waals surface area contributed by atoms with E-state index in [1.54, 1.807) is 0 Å². The number of nitrogens with one attached hydrogen (secondary N) is 2. The fourth-order valence-corrected chi connectivity index (χ4v) is 4.03. The minimum Gasteiger partial charge on any atom is -0.380 e. The summed E-state index contributed by atoms with van der Waals surface area (Å²) in [6.45, 7) is 3.58. The molecule has 1 aromatic rings. The molecule has 4 rings (SSSR count). The molecule has 0 atom stereocenters. The number of aromatic nitrogens is 2. The van der Waals surface area contributed by atoms with Crippen molar-refractivity contribution in [1.82, 2.24) is 15.3 Å². The largest absolute Gasteiger partial charge is 0.380 e. The number of anilines is 1. The standard InChI is InChI=1S/C17H25FN4O/c18-14-9-20-16(21-13-2-1-3-13)22-15(14)6-12-7-17(8-12)10-19-4-5-23-11-17/h9,12-13,19H,1-8,10-11H2,(H,20,21,22). The van der Waals surface area contributed by atoms with Gasteiger partial charge in [0.2, 0.25) is 5.95 Å². The molecule has 0 radical (unpaired) electrons. The van der Waals surface area contributed by atoms with E-state index in [4.69, 9.17) is 4.74 Å².